The fourth-order valence-electron chi connectivity index (χ4n) is 10.8. The Morgan fingerprint density at radius 2 is 1.57 bits per heavy atom. The van der Waals surface area contributed by atoms with E-state index in [1.807, 2.05) is 30.3 Å². The van der Waals surface area contributed by atoms with E-state index in [-0.39, 0.29) is 65.7 Å². The summed E-state index contributed by atoms with van der Waals surface area (Å²) in [5.41, 5.74) is -4.53. The molecule has 4 aromatic rings. The Morgan fingerprint density at radius 1 is 0.840 bits per heavy atom. The minimum absolute atomic E-state index is 0.00267. The van der Waals surface area contributed by atoms with Crippen molar-refractivity contribution in [3.8, 4) is 11.8 Å². The third-order valence-corrected chi connectivity index (χ3v) is 17.3. The first kappa shape index (κ1) is 59.9. The molecular formula is C58H66F2N7O12PS. The molecule has 4 aliphatic heterocycles. The van der Waals surface area contributed by atoms with Crippen molar-refractivity contribution >= 4 is 82.2 Å². The number of rotatable bonds is 18. The van der Waals surface area contributed by atoms with Crippen LogP contribution in [0.25, 0.3) is 10.1 Å². The van der Waals surface area contributed by atoms with Crippen LogP contribution in [0.5, 0.6) is 0 Å². The van der Waals surface area contributed by atoms with Gasteiger partial charge < -0.3 is 35.1 Å². The highest BCUT2D eigenvalue weighted by Crippen LogP contribution is 2.59. The first-order valence-corrected chi connectivity index (χ1v) is 29.7. The van der Waals surface area contributed by atoms with Gasteiger partial charge in [0.05, 0.1) is 22.5 Å². The highest BCUT2D eigenvalue weighted by Gasteiger charge is 2.51. The molecule has 3 fully saturated rings. The maximum atomic E-state index is 14.9. The van der Waals surface area contributed by atoms with Crippen LogP contribution in [-0.4, -0.2) is 140 Å². The lowest BCUT2D eigenvalue weighted by Crippen LogP contribution is -2.66. The summed E-state index contributed by atoms with van der Waals surface area (Å²) in [5.74, 6) is 1.15. The summed E-state index contributed by atoms with van der Waals surface area (Å²) < 4.78 is 41.2. The number of likely N-dealkylation sites (tertiary alicyclic amines) is 1. The van der Waals surface area contributed by atoms with Crippen molar-refractivity contribution in [2.75, 3.05) is 39.3 Å². The summed E-state index contributed by atoms with van der Waals surface area (Å²) in [7, 11) is -5.86. The molecule has 0 aliphatic carbocycles. The highest BCUT2D eigenvalue weighted by atomic mass is 32.1. The number of imide groups is 2. The van der Waals surface area contributed by atoms with Crippen LogP contribution in [0.2, 0.25) is 0 Å². The van der Waals surface area contributed by atoms with Crippen LogP contribution in [0.15, 0.2) is 72.8 Å². The topological polar surface area (TPSA) is 260 Å². The summed E-state index contributed by atoms with van der Waals surface area (Å²) in [6.07, 6.45) is 6.68. The van der Waals surface area contributed by atoms with Gasteiger partial charge in [-0.25, -0.2) is 0 Å². The molecule has 4 aliphatic rings. The van der Waals surface area contributed by atoms with Crippen molar-refractivity contribution in [1.82, 2.24) is 35.6 Å². The molecule has 0 radical (unpaired) electrons. The number of fused-ring (bicyclic) bond motifs is 2. The molecule has 430 valence electrons. The Kier molecular flexibility index (Phi) is 18.7. The number of hydrogen-bond donors (Lipinski definition) is 5. The normalized spacial score (nSPS) is 19.2. The number of thiophene rings is 1. The highest BCUT2D eigenvalue weighted by molar-refractivity contribution is 7.52. The lowest BCUT2D eigenvalue weighted by molar-refractivity contribution is -0.155. The van der Waals surface area contributed by atoms with Crippen LogP contribution in [0.4, 0.5) is 8.78 Å². The average molecular weight is 1150 g/mol. The Bertz CT molecular complexity index is 3240. The molecule has 5 N–H and O–H groups in total. The standard InChI is InChI=1S/C58H66F2N7O12PS/c1-57(2,3)50(63-52(72)45-32-39-31-40(23-25-44(39)81-45)58(59,60)80(77,78)79)56(76)66-30-29-64(35-43(66)54(74)65-28-16-21-38(34-65)36-17-12-10-13-18-36)48(70)33-47(69)61-27-14-9-7-5-4-6-8-11-19-37-20-15-22-41-49(37)55(75)67(53(41)73)42-24-26-46(68)62-51(42)71/h10,12-13,15,17-18,20,22-23,25,31-32,38,42-43,50H,4-9,14,16,21,24,26-30,33-35H2,1-3H3,(H,61,69)(H,63,72)(H,62,68,71)(H2,77,78,79)/t38-,42?,43-,50+/m0/s1. The fraction of sp³-hybridized carbons (Fsp3) is 0.466. The van der Waals surface area contributed by atoms with Crippen LogP contribution in [-0.2, 0) is 39.0 Å². The number of piperidine rings is 2. The van der Waals surface area contributed by atoms with E-state index in [1.54, 1.807) is 37.8 Å². The molecule has 9 amide bonds. The second kappa shape index (κ2) is 25.3. The van der Waals surface area contributed by atoms with Gasteiger partial charge in [0.1, 0.15) is 24.5 Å². The van der Waals surface area contributed by atoms with E-state index in [0.29, 0.717) is 49.2 Å². The molecule has 23 heteroatoms. The summed E-state index contributed by atoms with van der Waals surface area (Å²) >= 11 is 0.936. The first-order chi connectivity index (χ1) is 38.4. The minimum Gasteiger partial charge on any atom is -0.356 e. The van der Waals surface area contributed by atoms with E-state index < -0.39 is 96.0 Å². The van der Waals surface area contributed by atoms with E-state index >= 15 is 0 Å². The summed E-state index contributed by atoms with van der Waals surface area (Å²) in [4.78, 5) is 145. The lowest BCUT2D eigenvalue weighted by atomic mass is 9.85. The molecule has 81 heavy (non-hydrogen) atoms. The number of benzene rings is 3. The van der Waals surface area contributed by atoms with Gasteiger partial charge in [0, 0.05) is 67.3 Å². The Balaban J connectivity index is 0.830. The molecule has 19 nitrogen and oxygen atoms in total. The number of piperazine rings is 1. The molecule has 3 saturated heterocycles. The molecule has 4 atom stereocenters. The zero-order valence-corrected chi connectivity index (χ0v) is 47.1. The van der Waals surface area contributed by atoms with Crippen LogP contribution < -0.4 is 16.0 Å². The van der Waals surface area contributed by atoms with Crippen molar-refractivity contribution in [1.29, 1.82) is 0 Å². The second-order valence-corrected chi connectivity index (χ2v) is 24.8. The molecule has 0 spiro atoms. The van der Waals surface area contributed by atoms with Gasteiger partial charge in [-0.05, 0) is 78.8 Å². The predicted octanol–water partition coefficient (Wildman–Crippen LogP) is 6.41. The van der Waals surface area contributed by atoms with Crippen LogP contribution in [0.3, 0.4) is 0 Å². The Labute approximate surface area is 471 Å². The monoisotopic (exact) mass is 1150 g/mol. The van der Waals surface area contributed by atoms with Crippen molar-refractivity contribution in [3.63, 3.8) is 0 Å². The number of nitrogens with zero attached hydrogens (tertiary/aromatic N) is 4. The van der Waals surface area contributed by atoms with Crippen molar-refractivity contribution in [3.05, 3.63) is 105 Å². The zero-order valence-electron chi connectivity index (χ0n) is 45.3. The van der Waals surface area contributed by atoms with Gasteiger partial charge >= 0.3 is 13.3 Å². The zero-order chi connectivity index (χ0) is 58.4. The Morgan fingerprint density at radius 3 is 2.28 bits per heavy atom. The van der Waals surface area contributed by atoms with Gasteiger partial charge in [0.2, 0.25) is 35.4 Å². The SMILES string of the molecule is CC(C)(C)[C@H](NC(=O)c1cc2cc(C(F)(F)P(=O)(O)O)ccc2s1)C(=O)N1CCN(C(=O)CC(=O)NCCCCCCCCC#Cc2cccc3c2C(=O)N(C2CCC(=O)NC2=O)C3=O)C[C@H]1C(=O)N1CCC[C@H](c2ccccc2)C1. The number of carbonyl (C=O) groups is 9. The number of hydrogen-bond acceptors (Lipinski definition) is 11. The van der Waals surface area contributed by atoms with E-state index in [0.717, 1.165) is 72.5 Å². The summed E-state index contributed by atoms with van der Waals surface area (Å²) in [6, 6.07) is 15.5. The first-order valence-electron chi connectivity index (χ1n) is 27.2. The van der Waals surface area contributed by atoms with E-state index in [2.05, 4.69) is 27.8 Å². The van der Waals surface area contributed by atoms with Gasteiger partial charge in [-0.2, -0.15) is 8.78 Å². The van der Waals surface area contributed by atoms with E-state index in [9.17, 15) is 66.3 Å². The van der Waals surface area contributed by atoms with E-state index in [1.165, 1.54) is 28.0 Å². The molecule has 5 heterocycles. The number of amides is 9. The van der Waals surface area contributed by atoms with Crippen LogP contribution in [0, 0.1) is 17.3 Å². The van der Waals surface area contributed by atoms with E-state index in [4.69, 9.17) is 0 Å². The predicted molar refractivity (Wildman–Crippen MR) is 295 cm³/mol. The number of nitrogens with one attached hydrogen (secondary N) is 3. The molecular weight excluding hydrogens is 1090 g/mol. The largest absolute Gasteiger partial charge is 0.399 e. The van der Waals surface area contributed by atoms with Gasteiger partial charge in [0.25, 0.3) is 17.7 Å². The smallest absolute Gasteiger partial charge is 0.356 e. The Hall–Kier alpha value is -7.18. The van der Waals surface area contributed by atoms with Crippen molar-refractivity contribution < 1.29 is 66.3 Å². The molecule has 1 unspecified atom stereocenters. The average Bonchev–Trinajstić information content (AvgIpc) is 4.17. The summed E-state index contributed by atoms with van der Waals surface area (Å²) in [6.45, 7) is 6.07. The van der Waals surface area contributed by atoms with Gasteiger partial charge in [-0.15, -0.1) is 11.3 Å². The maximum Gasteiger partial charge on any atom is 0.399 e. The third kappa shape index (κ3) is 13.8. The fourth-order valence-corrected chi connectivity index (χ4v) is 12.2. The number of halogens is 2. The van der Waals surface area contributed by atoms with Crippen molar-refractivity contribution in [2.24, 2.45) is 5.41 Å². The van der Waals surface area contributed by atoms with Gasteiger partial charge in [0.15, 0.2) is 0 Å². The third-order valence-electron chi connectivity index (χ3n) is 15.2. The quantitative estimate of drug-likeness (QED) is 0.0238. The van der Waals surface area contributed by atoms with Gasteiger partial charge in [-0.3, -0.25) is 57.9 Å². The molecule has 8 rings (SSSR count). The summed E-state index contributed by atoms with van der Waals surface area (Å²) in [5, 5.41) is 7.96. The number of alkyl halides is 2. The van der Waals surface area contributed by atoms with Crippen LogP contribution in [0.1, 0.15) is 151 Å². The molecule has 0 saturated carbocycles. The second-order valence-electron chi connectivity index (χ2n) is 22.0. The molecule has 1 aromatic heterocycles. The number of unbranched alkanes of at least 4 members (excludes halogenated alkanes) is 6. The number of carbonyl (C=O) groups excluding carboxylic acids is 9. The molecule has 3 aromatic carbocycles. The lowest BCUT2D eigenvalue weighted by Gasteiger charge is -2.45. The molecule has 0 bridgehead atoms. The van der Waals surface area contributed by atoms with Crippen LogP contribution >= 0.6 is 18.9 Å². The van der Waals surface area contributed by atoms with Crippen molar-refractivity contribution in [2.45, 2.75) is 128 Å². The van der Waals surface area contributed by atoms with Gasteiger partial charge in [-0.1, -0.05) is 101 Å². The maximum absolute atomic E-state index is 14.9. The minimum atomic E-state index is -5.86.